The summed E-state index contributed by atoms with van der Waals surface area (Å²) < 4.78 is 0. The highest BCUT2D eigenvalue weighted by Crippen LogP contribution is 2.19. The summed E-state index contributed by atoms with van der Waals surface area (Å²) in [5.41, 5.74) is -0.912. The first-order valence-corrected chi connectivity index (χ1v) is 7.52. The monoisotopic (exact) mass is 298 g/mol. The molecule has 20 heavy (non-hydrogen) atoms. The van der Waals surface area contributed by atoms with Gasteiger partial charge < -0.3 is 15.3 Å². The third kappa shape index (κ3) is 4.52. The molecule has 0 aromatic carbocycles. The van der Waals surface area contributed by atoms with Crippen LogP contribution in [0.25, 0.3) is 0 Å². The second-order valence-electron chi connectivity index (χ2n) is 5.13. The summed E-state index contributed by atoms with van der Waals surface area (Å²) in [6.07, 6.45) is 1.28. The van der Waals surface area contributed by atoms with Crippen molar-refractivity contribution in [3.8, 4) is 0 Å². The first-order valence-electron chi connectivity index (χ1n) is 6.64. The van der Waals surface area contributed by atoms with Crippen molar-refractivity contribution in [1.29, 1.82) is 0 Å². The normalized spacial score (nSPS) is 13.6. The van der Waals surface area contributed by atoms with Crippen LogP contribution in [0.4, 0.5) is 4.79 Å². The molecular weight excluding hydrogens is 276 g/mol. The molecule has 1 aromatic rings. The Labute approximate surface area is 123 Å². The number of carbonyl (C=O) groups excluding carboxylic acids is 1. The van der Waals surface area contributed by atoms with E-state index in [0.29, 0.717) is 13.0 Å². The highest BCUT2D eigenvalue weighted by Gasteiger charge is 2.31. The first-order chi connectivity index (χ1) is 9.39. The quantitative estimate of drug-likeness (QED) is 0.812. The molecule has 112 valence electrons. The maximum atomic E-state index is 11.9. The van der Waals surface area contributed by atoms with Crippen molar-refractivity contribution in [3.05, 3.63) is 22.4 Å². The van der Waals surface area contributed by atoms with Gasteiger partial charge >= 0.3 is 12.0 Å². The number of urea groups is 1. The van der Waals surface area contributed by atoms with Crippen molar-refractivity contribution in [3.63, 3.8) is 0 Å². The zero-order valence-corrected chi connectivity index (χ0v) is 13.0. The van der Waals surface area contributed by atoms with E-state index >= 15 is 0 Å². The Hall–Kier alpha value is -1.56. The number of amides is 2. The van der Waals surface area contributed by atoms with E-state index in [2.05, 4.69) is 5.32 Å². The number of carboxylic acid groups (broad SMARTS) is 1. The minimum Gasteiger partial charge on any atom is -0.481 e. The van der Waals surface area contributed by atoms with Crippen LogP contribution < -0.4 is 5.32 Å². The lowest BCUT2D eigenvalue weighted by atomic mass is 9.88. The molecule has 1 heterocycles. The lowest BCUT2D eigenvalue weighted by Crippen LogP contribution is -2.45. The van der Waals surface area contributed by atoms with Gasteiger partial charge in [0.25, 0.3) is 0 Å². The summed E-state index contributed by atoms with van der Waals surface area (Å²) in [5, 5.41) is 13.9. The van der Waals surface area contributed by atoms with Crippen LogP contribution >= 0.6 is 11.3 Å². The Morgan fingerprint density at radius 1 is 1.50 bits per heavy atom. The van der Waals surface area contributed by atoms with Crippen LogP contribution in [0.2, 0.25) is 0 Å². The Balaban J connectivity index is 2.40. The van der Waals surface area contributed by atoms with Crippen molar-refractivity contribution < 1.29 is 14.7 Å². The zero-order chi connectivity index (χ0) is 15.2. The molecule has 5 nitrogen and oxygen atoms in total. The highest BCUT2D eigenvalue weighted by atomic mass is 32.1. The van der Waals surface area contributed by atoms with Gasteiger partial charge in [0.15, 0.2) is 0 Å². The van der Waals surface area contributed by atoms with Gasteiger partial charge in [0, 0.05) is 25.0 Å². The van der Waals surface area contributed by atoms with E-state index in [1.165, 1.54) is 4.88 Å². The molecule has 1 unspecified atom stereocenters. The van der Waals surface area contributed by atoms with E-state index < -0.39 is 11.4 Å². The van der Waals surface area contributed by atoms with Crippen LogP contribution in [-0.2, 0) is 11.2 Å². The van der Waals surface area contributed by atoms with Crippen molar-refractivity contribution in [1.82, 2.24) is 10.2 Å². The maximum absolute atomic E-state index is 11.9. The summed E-state index contributed by atoms with van der Waals surface area (Å²) in [5.74, 6) is -0.887. The Morgan fingerprint density at radius 2 is 2.20 bits per heavy atom. The molecule has 0 bridgehead atoms. The minimum absolute atomic E-state index is 0.140. The standard InChI is InChI=1S/C14H22N2O3S/c1-4-14(2,12(17)18)10-15-13(19)16(3)8-7-11-6-5-9-20-11/h5-6,9H,4,7-8,10H2,1-3H3,(H,15,19)(H,17,18). The largest absolute Gasteiger partial charge is 0.481 e. The SMILES string of the molecule is CCC(C)(CNC(=O)N(C)CCc1cccs1)C(=O)O. The molecule has 2 N–H and O–H groups in total. The van der Waals surface area contributed by atoms with Gasteiger partial charge in [-0.25, -0.2) is 4.79 Å². The van der Waals surface area contributed by atoms with Crippen molar-refractivity contribution in [2.75, 3.05) is 20.1 Å². The molecule has 0 fully saturated rings. The molecule has 1 atom stereocenters. The molecule has 0 aliphatic heterocycles. The summed E-state index contributed by atoms with van der Waals surface area (Å²) in [7, 11) is 1.72. The van der Waals surface area contributed by atoms with Gasteiger partial charge in [-0.1, -0.05) is 13.0 Å². The molecule has 0 radical (unpaired) electrons. The molecule has 1 aromatic heterocycles. The number of nitrogens with one attached hydrogen (secondary N) is 1. The van der Waals surface area contributed by atoms with Crippen LogP contribution in [0.15, 0.2) is 17.5 Å². The number of thiophene rings is 1. The fourth-order valence-corrected chi connectivity index (χ4v) is 2.29. The second-order valence-corrected chi connectivity index (χ2v) is 6.16. The topological polar surface area (TPSA) is 69.6 Å². The molecule has 0 saturated heterocycles. The number of hydrogen-bond acceptors (Lipinski definition) is 3. The number of rotatable bonds is 7. The van der Waals surface area contributed by atoms with Crippen molar-refractivity contribution in [2.45, 2.75) is 26.7 Å². The van der Waals surface area contributed by atoms with E-state index in [-0.39, 0.29) is 12.6 Å². The number of likely N-dealkylation sites (N-methyl/N-ethyl adjacent to an activating group) is 1. The van der Waals surface area contributed by atoms with Gasteiger partial charge in [-0.15, -0.1) is 11.3 Å². The number of carbonyl (C=O) groups is 2. The predicted octanol–water partition coefficient (Wildman–Crippen LogP) is 2.43. The number of nitrogens with zero attached hydrogens (tertiary/aromatic N) is 1. The van der Waals surface area contributed by atoms with Gasteiger partial charge in [0.05, 0.1) is 5.41 Å². The fraction of sp³-hybridized carbons (Fsp3) is 0.571. The molecule has 0 aliphatic carbocycles. The van der Waals surface area contributed by atoms with Crippen LogP contribution in [-0.4, -0.2) is 42.1 Å². The Bertz CT molecular complexity index is 447. The van der Waals surface area contributed by atoms with Crippen molar-refractivity contribution in [2.24, 2.45) is 5.41 Å². The smallest absolute Gasteiger partial charge is 0.317 e. The lowest BCUT2D eigenvalue weighted by molar-refractivity contribution is -0.147. The van der Waals surface area contributed by atoms with Gasteiger partial charge in [0.1, 0.15) is 0 Å². The Kier molecular flexibility index (Phi) is 6.01. The summed E-state index contributed by atoms with van der Waals surface area (Å²) in [4.78, 5) is 25.9. The van der Waals surface area contributed by atoms with Crippen LogP contribution in [0.5, 0.6) is 0 Å². The summed E-state index contributed by atoms with van der Waals surface area (Å²) in [6.45, 7) is 4.20. The molecule has 1 rings (SSSR count). The fourth-order valence-electron chi connectivity index (χ4n) is 1.59. The zero-order valence-electron chi connectivity index (χ0n) is 12.2. The van der Waals surface area contributed by atoms with Crippen LogP contribution in [0.1, 0.15) is 25.1 Å². The minimum atomic E-state index is -0.912. The van der Waals surface area contributed by atoms with Gasteiger partial charge in [-0.2, -0.15) is 0 Å². The van der Waals surface area contributed by atoms with E-state index in [0.717, 1.165) is 6.42 Å². The van der Waals surface area contributed by atoms with Crippen LogP contribution in [0, 0.1) is 5.41 Å². The third-order valence-corrected chi connectivity index (χ3v) is 4.48. The number of carboxylic acids is 1. The van der Waals surface area contributed by atoms with Gasteiger partial charge in [0.2, 0.25) is 0 Å². The van der Waals surface area contributed by atoms with Crippen molar-refractivity contribution >= 4 is 23.3 Å². The average molecular weight is 298 g/mol. The molecule has 0 saturated carbocycles. The van der Waals surface area contributed by atoms with E-state index in [1.54, 1.807) is 37.1 Å². The van der Waals surface area contributed by atoms with Gasteiger partial charge in [-0.3, -0.25) is 4.79 Å². The molecular formula is C14H22N2O3S. The average Bonchev–Trinajstić information content (AvgIpc) is 2.94. The maximum Gasteiger partial charge on any atom is 0.317 e. The van der Waals surface area contributed by atoms with Crippen LogP contribution in [0.3, 0.4) is 0 Å². The van der Waals surface area contributed by atoms with E-state index in [9.17, 15) is 9.59 Å². The highest BCUT2D eigenvalue weighted by molar-refractivity contribution is 7.09. The summed E-state index contributed by atoms with van der Waals surface area (Å²) in [6, 6.07) is 3.79. The number of hydrogen-bond donors (Lipinski definition) is 2. The molecule has 2 amide bonds. The predicted molar refractivity (Wildman–Crippen MR) is 80.1 cm³/mol. The lowest BCUT2D eigenvalue weighted by Gasteiger charge is -2.25. The van der Waals surface area contributed by atoms with E-state index in [4.69, 9.17) is 5.11 Å². The molecule has 0 aliphatic rings. The second kappa shape index (κ2) is 7.28. The van der Waals surface area contributed by atoms with E-state index in [1.807, 2.05) is 17.5 Å². The summed E-state index contributed by atoms with van der Waals surface area (Å²) >= 11 is 1.67. The third-order valence-electron chi connectivity index (χ3n) is 3.55. The molecule has 6 heteroatoms. The first kappa shape index (κ1) is 16.5. The number of aliphatic carboxylic acids is 1. The molecule has 0 spiro atoms. The Morgan fingerprint density at radius 3 is 2.70 bits per heavy atom. The van der Waals surface area contributed by atoms with Gasteiger partial charge in [-0.05, 0) is 31.2 Å².